The van der Waals surface area contributed by atoms with Gasteiger partial charge in [-0.1, -0.05) is 11.6 Å². The van der Waals surface area contributed by atoms with E-state index in [2.05, 4.69) is 4.74 Å². The van der Waals surface area contributed by atoms with Crippen LogP contribution in [0.25, 0.3) is 0 Å². The van der Waals surface area contributed by atoms with Gasteiger partial charge in [0, 0.05) is 6.07 Å². The highest BCUT2D eigenvalue weighted by Gasteiger charge is 2.21. The highest BCUT2D eigenvalue weighted by molar-refractivity contribution is 6.31. The molecule has 0 amide bonds. The molecule has 1 aromatic rings. The van der Waals surface area contributed by atoms with Crippen molar-refractivity contribution in [2.45, 2.75) is 6.92 Å². The molecule has 0 radical (unpaired) electrons. The van der Waals surface area contributed by atoms with Gasteiger partial charge in [-0.05, 0) is 13.0 Å². The average Bonchev–Trinajstić information content (AvgIpc) is 2.21. The summed E-state index contributed by atoms with van der Waals surface area (Å²) in [6.07, 6.45) is 0. The van der Waals surface area contributed by atoms with Crippen LogP contribution >= 0.6 is 11.6 Å². The summed E-state index contributed by atoms with van der Waals surface area (Å²) in [6.45, 7) is 1.69. The van der Waals surface area contributed by atoms with Gasteiger partial charge >= 0.3 is 11.7 Å². The molecule has 0 saturated heterocycles. The Hall–Kier alpha value is -1.69. The van der Waals surface area contributed by atoms with E-state index in [1.165, 1.54) is 0 Å². The predicted octanol–water partition coefficient (Wildman–Crippen LogP) is 2.56. The Morgan fingerprint density at radius 2 is 2.25 bits per heavy atom. The van der Waals surface area contributed by atoms with Crippen molar-refractivity contribution in [1.82, 2.24) is 0 Å². The molecule has 0 heterocycles. The van der Waals surface area contributed by atoms with Gasteiger partial charge in [-0.15, -0.1) is 0 Å². The van der Waals surface area contributed by atoms with Gasteiger partial charge in [-0.2, -0.15) is 4.39 Å². The minimum Gasteiger partial charge on any atom is -0.462 e. The first kappa shape index (κ1) is 12.4. The van der Waals surface area contributed by atoms with E-state index in [9.17, 15) is 19.3 Å². The molecule has 5 nitrogen and oxygen atoms in total. The summed E-state index contributed by atoms with van der Waals surface area (Å²) in [6, 6.07) is 1.78. The van der Waals surface area contributed by atoms with Gasteiger partial charge in [0.05, 0.1) is 22.1 Å². The van der Waals surface area contributed by atoms with Crippen LogP contribution in [0.1, 0.15) is 17.3 Å². The fourth-order valence-corrected chi connectivity index (χ4v) is 1.25. The molecule has 1 rings (SSSR count). The van der Waals surface area contributed by atoms with Crippen molar-refractivity contribution in [3.05, 3.63) is 38.7 Å². The molecule has 0 bridgehead atoms. The number of hydrogen-bond donors (Lipinski definition) is 0. The molecule has 16 heavy (non-hydrogen) atoms. The first-order chi connectivity index (χ1) is 7.47. The number of nitrogens with zero attached hydrogens (tertiary/aromatic N) is 1. The molecule has 0 aliphatic rings. The lowest BCUT2D eigenvalue weighted by Gasteiger charge is -2.03. The summed E-state index contributed by atoms with van der Waals surface area (Å²) < 4.78 is 17.8. The number of esters is 1. The number of nitro benzene ring substituents is 1. The number of carbonyl (C=O) groups excluding carboxylic acids is 1. The van der Waals surface area contributed by atoms with E-state index in [4.69, 9.17) is 11.6 Å². The summed E-state index contributed by atoms with van der Waals surface area (Å²) in [5.74, 6) is -1.95. The highest BCUT2D eigenvalue weighted by atomic mass is 35.5. The second kappa shape index (κ2) is 4.89. The molecule has 0 aromatic heterocycles. The SMILES string of the molecule is CCOC(=O)c1cc(Cl)c(F)c([N+](=O)[O-])c1. The quantitative estimate of drug-likeness (QED) is 0.468. The van der Waals surface area contributed by atoms with Crippen LogP contribution in [0.15, 0.2) is 12.1 Å². The third kappa shape index (κ3) is 2.46. The molecule has 86 valence electrons. The third-order valence-corrected chi connectivity index (χ3v) is 1.99. The van der Waals surface area contributed by atoms with Gasteiger partial charge in [-0.3, -0.25) is 10.1 Å². The van der Waals surface area contributed by atoms with Crippen LogP contribution in [-0.2, 0) is 4.74 Å². The molecule has 0 aliphatic carbocycles. The second-order valence-corrected chi connectivity index (χ2v) is 3.18. The maximum atomic E-state index is 13.2. The minimum absolute atomic E-state index is 0.113. The molecule has 0 spiro atoms. The Morgan fingerprint density at radius 1 is 1.62 bits per heavy atom. The molecule has 7 heteroatoms. The van der Waals surface area contributed by atoms with E-state index in [0.717, 1.165) is 12.1 Å². The van der Waals surface area contributed by atoms with E-state index < -0.39 is 27.4 Å². The van der Waals surface area contributed by atoms with Crippen LogP contribution in [-0.4, -0.2) is 17.5 Å². The number of nitro groups is 1. The van der Waals surface area contributed by atoms with E-state index in [1.807, 2.05) is 0 Å². The van der Waals surface area contributed by atoms with Gasteiger partial charge in [0.2, 0.25) is 5.82 Å². The van der Waals surface area contributed by atoms with E-state index in [-0.39, 0.29) is 12.2 Å². The molecule has 0 atom stereocenters. The maximum Gasteiger partial charge on any atom is 0.338 e. The molecule has 0 N–H and O–H groups in total. The van der Waals surface area contributed by atoms with Crippen LogP contribution < -0.4 is 0 Å². The Balaban J connectivity index is 3.24. The highest BCUT2D eigenvalue weighted by Crippen LogP contribution is 2.26. The van der Waals surface area contributed by atoms with Crippen molar-refractivity contribution >= 4 is 23.3 Å². The number of ether oxygens (including phenoxy) is 1. The molecule has 0 aliphatic heterocycles. The zero-order valence-corrected chi connectivity index (χ0v) is 8.95. The average molecular weight is 248 g/mol. The van der Waals surface area contributed by atoms with Crippen molar-refractivity contribution in [3.63, 3.8) is 0 Å². The summed E-state index contributed by atoms with van der Waals surface area (Å²) in [7, 11) is 0. The summed E-state index contributed by atoms with van der Waals surface area (Å²) in [4.78, 5) is 20.8. The normalized spacial score (nSPS) is 9.94. The lowest BCUT2D eigenvalue weighted by atomic mass is 10.2. The Kier molecular flexibility index (Phi) is 3.78. The summed E-state index contributed by atoms with van der Waals surface area (Å²) >= 11 is 5.42. The topological polar surface area (TPSA) is 69.4 Å². The number of halogens is 2. The Bertz CT molecular complexity index is 449. The van der Waals surface area contributed by atoms with Crippen molar-refractivity contribution < 1.29 is 18.8 Å². The van der Waals surface area contributed by atoms with Crippen molar-refractivity contribution in [2.24, 2.45) is 0 Å². The number of carbonyl (C=O) groups is 1. The smallest absolute Gasteiger partial charge is 0.338 e. The molecule has 0 unspecified atom stereocenters. The van der Waals surface area contributed by atoms with Gasteiger partial charge < -0.3 is 4.74 Å². The van der Waals surface area contributed by atoms with Crippen LogP contribution in [0.5, 0.6) is 0 Å². The summed E-state index contributed by atoms with van der Waals surface area (Å²) in [5, 5.41) is 9.97. The van der Waals surface area contributed by atoms with Crippen LogP contribution in [0.4, 0.5) is 10.1 Å². The first-order valence-corrected chi connectivity index (χ1v) is 4.65. The van der Waals surface area contributed by atoms with Crippen LogP contribution in [0, 0.1) is 15.9 Å². The van der Waals surface area contributed by atoms with Crippen molar-refractivity contribution in [3.8, 4) is 0 Å². The first-order valence-electron chi connectivity index (χ1n) is 4.28. The van der Waals surface area contributed by atoms with E-state index in [0.29, 0.717) is 0 Å². The van der Waals surface area contributed by atoms with Gasteiger partial charge in [0.1, 0.15) is 0 Å². The standard InChI is InChI=1S/C9H7ClFNO4/c1-2-16-9(13)5-3-6(10)8(11)7(4-5)12(14)15/h3-4H,2H2,1H3. The van der Waals surface area contributed by atoms with Crippen molar-refractivity contribution in [2.75, 3.05) is 6.61 Å². The van der Waals surface area contributed by atoms with Gasteiger partial charge in [0.25, 0.3) is 0 Å². The maximum absolute atomic E-state index is 13.2. The Morgan fingerprint density at radius 3 is 2.75 bits per heavy atom. The van der Waals surface area contributed by atoms with E-state index in [1.54, 1.807) is 6.92 Å². The fraction of sp³-hybridized carbons (Fsp3) is 0.222. The van der Waals surface area contributed by atoms with Gasteiger partial charge in [0.15, 0.2) is 0 Å². The predicted molar refractivity (Wildman–Crippen MR) is 54.0 cm³/mol. The minimum atomic E-state index is -1.17. The molecule has 0 fully saturated rings. The molecular formula is C9H7ClFNO4. The molecule has 1 aromatic carbocycles. The number of benzene rings is 1. The zero-order chi connectivity index (χ0) is 12.3. The number of hydrogen-bond acceptors (Lipinski definition) is 4. The lowest BCUT2D eigenvalue weighted by Crippen LogP contribution is -2.06. The lowest BCUT2D eigenvalue weighted by molar-refractivity contribution is -0.387. The number of rotatable bonds is 3. The van der Waals surface area contributed by atoms with Crippen LogP contribution in [0.3, 0.4) is 0 Å². The fourth-order valence-electron chi connectivity index (χ4n) is 1.04. The van der Waals surface area contributed by atoms with E-state index >= 15 is 0 Å². The monoisotopic (exact) mass is 247 g/mol. The molecule has 0 saturated carbocycles. The van der Waals surface area contributed by atoms with Gasteiger partial charge in [-0.25, -0.2) is 4.79 Å². The van der Waals surface area contributed by atoms with Crippen molar-refractivity contribution in [1.29, 1.82) is 0 Å². The molecular weight excluding hydrogens is 241 g/mol. The summed E-state index contributed by atoms with van der Waals surface area (Å²) in [5.41, 5.74) is -1.00. The Labute approximate surface area is 94.9 Å². The zero-order valence-electron chi connectivity index (χ0n) is 8.20. The second-order valence-electron chi connectivity index (χ2n) is 2.77. The van der Waals surface area contributed by atoms with Crippen LogP contribution in [0.2, 0.25) is 5.02 Å². The largest absolute Gasteiger partial charge is 0.462 e. The third-order valence-electron chi connectivity index (χ3n) is 1.72.